The molecular weight excluding hydrogens is 393 g/mol. The minimum Gasteiger partial charge on any atom is -0.444 e. The van der Waals surface area contributed by atoms with Gasteiger partial charge in [0.2, 0.25) is 17.7 Å². The van der Waals surface area contributed by atoms with Crippen molar-refractivity contribution >= 4 is 29.3 Å². The van der Waals surface area contributed by atoms with Crippen LogP contribution in [0.5, 0.6) is 0 Å². The van der Waals surface area contributed by atoms with Gasteiger partial charge in [-0.05, 0) is 36.4 Å². The van der Waals surface area contributed by atoms with Crippen LogP contribution in [0.4, 0.5) is 10.1 Å². The topological polar surface area (TPSA) is 75.4 Å². The Morgan fingerprint density at radius 1 is 1.14 bits per heavy atom. The Balaban J connectivity index is 1.41. The maximum Gasteiger partial charge on any atom is 0.243 e. The third-order valence-electron chi connectivity index (χ3n) is 3.98. The first kappa shape index (κ1) is 20.6. The summed E-state index contributed by atoms with van der Waals surface area (Å²) in [7, 11) is 1.57. The monoisotopic (exact) mass is 413 g/mol. The second kappa shape index (κ2) is 9.88. The van der Waals surface area contributed by atoms with Gasteiger partial charge in [-0.25, -0.2) is 9.37 Å². The molecule has 29 heavy (non-hydrogen) atoms. The van der Waals surface area contributed by atoms with Crippen molar-refractivity contribution in [3.8, 4) is 11.5 Å². The molecule has 3 rings (SSSR count). The fourth-order valence-electron chi connectivity index (χ4n) is 2.48. The maximum absolute atomic E-state index is 12.9. The number of benzene rings is 2. The van der Waals surface area contributed by atoms with E-state index in [1.807, 2.05) is 30.3 Å². The number of carbonyl (C=O) groups is 2. The number of aromatic nitrogens is 1. The van der Waals surface area contributed by atoms with E-state index in [4.69, 9.17) is 4.42 Å². The first-order valence-electron chi connectivity index (χ1n) is 8.88. The summed E-state index contributed by atoms with van der Waals surface area (Å²) in [6, 6.07) is 15.0. The number of hydrogen-bond acceptors (Lipinski definition) is 5. The zero-order valence-corrected chi connectivity index (χ0v) is 16.6. The average Bonchev–Trinajstić information content (AvgIpc) is 3.19. The summed E-state index contributed by atoms with van der Waals surface area (Å²) < 4.78 is 18.4. The molecule has 0 atom stereocenters. The predicted molar refractivity (Wildman–Crippen MR) is 111 cm³/mol. The average molecular weight is 413 g/mol. The molecule has 3 aromatic rings. The van der Waals surface area contributed by atoms with E-state index >= 15 is 0 Å². The third-order valence-corrected chi connectivity index (χ3v) is 4.93. The van der Waals surface area contributed by atoms with Crippen LogP contribution >= 0.6 is 11.8 Å². The molecule has 0 fully saturated rings. The van der Waals surface area contributed by atoms with Gasteiger partial charge in [0, 0.05) is 24.1 Å². The zero-order valence-electron chi connectivity index (χ0n) is 15.8. The number of oxazole rings is 1. The van der Waals surface area contributed by atoms with Gasteiger partial charge in [0.05, 0.1) is 18.0 Å². The molecule has 0 saturated carbocycles. The summed E-state index contributed by atoms with van der Waals surface area (Å²) in [6.07, 6.45) is 1.58. The van der Waals surface area contributed by atoms with Crippen LogP contribution < -0.4 is 5.32 Å². The fraction of sp³-hybridized carbons (Fsp3) is 0.190. The lowest BCUT2D eigenvalue weighted by atomic mass is 10.2. The normalized spacial score (nSPS) is 10.6. The van der Waals surface area contributed by atoms with E-state index in [1.54, 1.807) is 13.3 Å². The SMILES string of the molecule is CN(CC(=O)Nc1ccc(F)cc1)C(=O)CSCc1coc(-c2ccccc2)n1. The van der Waals surface area contributed by atoms with Crippen molar-refractivity contribution in [2.45, 2.75) is 5.75 Å². The highest BCUT2D eigenvalue weighted by atomic mass is 32.2. The number of thioether (sulfide) groups is 1. The Bertz CT molecular complexity index is 961. The van der Waals surface area contributed by atoms with Gasteiger partial charge in [0.15, 0.2) is 0 Å². The number of hydrogen-bond donors (Lipinski definition) is 1. The molecule has 0 spiro atoms. The minimum absolute atomic E-state index is 0.0844. The molecule has 150 valence electrons. The number of nitrogens with one attached hydrogen (secondary N) is 1. The maximum atomic E-state index is 12.9. The molecule has 0 aliphatic carbocycles. The molecule has 2 aromatic carbocycles. The number of nitrogens with zero attached hydrogens (tertiary/aromatic N) is 2. The highest BCUT2D eigenvalue weighted by Crippen LogP contribution is 2.20. The number of carbonyl (C=O) groups excluding carboxylic acids is 2. The number of anilines is 1. The lowest BCUT2D eigenvalue weighted by molar-refractivity contribution is -0.131. The summed E-state index contributed by atoms with van der Waals surface area (Å²) in [5, 5.41) is 2.63. The Hall–Kier alpha value is -3.13. The molecule has 0 unspecified atom stereocenters. The summed E-state index contributed by atoms with van der Waals surface area (Å²) >= 11 is 1.40. The second-order valence-electron chi connectivity index (χ2n) is 6.31. The largest absolute Gasteiger partial charge is 0.444 e. The van der Waals surface area contributed by atoms with E-state index in [0.717, 1.165) is 11.3 Å². The van der Waals surface area contributed by atoms with Crippen LogP contribution in [0, 0.1) is 5.82 Å². The molecular formula is C21H20FN3O3S. The summed E-state index contributed by atoms with van der Waals surface area (Å²) in [6.45, 7) is -0.0844. The Morgan fingerprint density at radius 2 is 1.86 bits per heavy atom. The standard InChI is InChI=1S/C21H20FN3O3S/c1-25(11-19(26)23-17-9-7-16(22)8-10-17)20(27)14-29-13-18-12-28-21(24-18)15-5-3-2-4-6-15/h2-10,12H,11,13-14H2,1H3,(H,23,26). The lowest BCUT2D eigenvalue weighted by Crippen LogP contribution is -2.36. The van der Waals surface area contributed by atoms with Gasteiger partial charge in [-0.15, -0.1) is 11.8 Å². The van der Waals surface area contributed by atoms with Crippen LogP contribution in [0.3, 0.4) is 0 Å². The van der Waals surface area contributed by atoms with Crippen LogP contribution in [0.15, 0.2) is 65.3 Å². The van der Waals surface area contributed by atoms with E-state index in [-0.39, 0.29) is 29.9 Å². The lowest BCUT2D eigenvalue weighted by Gasteiger charge is -2.16. The summed E-state index contributed by atoms with van der Waals surface area (Å²) in [5.74, 6) is 0.390. The highest BCUT2D eigenvalue weighted by molar-refractivity contribution is 7.99. The fourth-order valence-corrected chi connectivity index (χ4v) is 3.32. The summed E-state index contributed by atoms with van der Waals surface area (Å²) in [5.41, 5.74) is 2.12. The molecule has 0 bridgehead atoms. The zero-order chi connectivity index (χ0) is 20.6. The van der Waals surface area contributed by atoms with Crippen molar-refractivity contribution in [1.82, 2.24) is 9.88 Å². The van der Waals surface area contributed by atoms with Crippen LogP contribution in [-0.2, 0) is 15.3 Å². The molecule has 6 nitrogen and oxygen atoms in total. The van der Waals surface area contributed by atoms with Gasteiger partial charge in [-0.3, -0.25) is 9.59 Å². The Morgan fingerprint density at radius 3 is 2.59 bits per heavy atom. The van der Waals surface area contributed by atoms with Crippen molar-refractivity contribution < 1.29 is 18.4 Å². The molecule has 1 heterocycles. The van der Waals surface area contributed by atoms with E-state index in [1.165, 1.54) is 40.9 Å². The molecule has 8 heteroatoms. The summed E-state index contributed by atoms with van der Waals surface area (Å²) in [4.78, 5) is 30.0. The third kappa shape index (κ3) is 6.18. The Kier molecular flexibility index (Phi) is 7.02. The van der Waals surface area contributed by atoms with Crippen molar-refractivity contribution in [1.29, 1.82) is 0 Å². The number of halogens is 1. The van der Waals surface area contributed by atoms with Gasteiger partial charge < -0.3 is 14.6 Å². The Labute approximate surface area is 172 Å². The van der Waals surface area contributed by atoms with Gasteiger partial charge in [0.25, 0.3) is 0 Å². The molecule has 1 aromatic heterocycles. The highest BCUT2D eigenvalue weighted by Gasteiger charge is 2.14. The molecule has 1 N–H and O–H groups in total. The van der Waals surface area contributed by atoms with Gasteiger partial charge in [0.1, 0.15) is 12.1 Å². The van der Waals surface area contributed by atoms with E-state index in [0.29, 0.717) is 17.3 Å². The van der Waals surface area contributed by atoms with Gasteiger partial charge in [-0.1, -0.05) is 18.2 Å². The van der Waals surface area contributed by atoms with Crippen molar-refractivity contribution in [3.05, 3.63) is 72.4 Å². The van der Waals surface area contributed by atoms with Crippen molar-refractivity contribution in [3.63, 3.8) is 0 Å². The van der Waals surface area contributed by atoms with E-state index in [2.05, 4.69) is 10.3 Å². The second-order valence-corrected chi connectivity index (χ2v) is 7.29. The predicted octanol–water partition coefficient (Wildman–Crippen LogP) is 3.81. The van der Waals surface area contributed by atoms with Gasteiger partial charge in [-0.2, -0.15) is 0 Å². The minimum atomic E-state index is -0.379. The van der Waals surface area contributed by atoms with Crippen LogP contribution in [-0.4, -0.2) is 41.0 Å². The van der Waals surface area contributed by atoms with Crippen molar-refractivity contribution in [2.75, 3.05) is 24.7 Å². The van der Waals surface area contributed by atoms with E-state index in [9.17, 15) is 14.0 Å². The van der Waals surface area contributed by atoms with Crippen LogP contribution in [0.1, 0.15) is 5.69 Å². The van der Waals surface area contributed by atoms with E-state index < -0.39 is 0 Å². The van der Waals surface area contributed by atoms with Crippen molar-refractivity contribution in [2.24, 2.45) is 0 Å². The first-order valence-corrected chi connectivity index (χ1v) is 10.0. The number of likely N-dealkylation sites (N-methyl/N-ethyl adjacent to an activating group) is 1. The molecule has 0 aliphatic rings. The van der Waals surface area contributed by atoms with Crippen LogP contribution in [0.25, 0.3) is 11.5 Å². The smallest absolute Gasteiger partial charge is 0.243 e. The van der Waals surface area contributed by atoms with Crippen LogP contribution in [0.2, 0.25) is 0 Å². The molecule has 0 aliphatic heterocycles. The molecule has 0 radical (unpaired) electrons. The molecule has 2 amide bonds. The first-order chi connectivity index (χ1) is 14.0. The quantitative estimate of drug-likeness (QED) is 0.608. The molecule has 0 saturated heterocycles. The number of rotatable bonds is 8. The number of amides is 2. The van der Waals surface area contributed by atoms with Gasteiger partial charge >= 0.3 is 0 Å².